The van der Waals surface area contributed by atoms with Gasteiger partial charge in [0.2, 0.25) is 11.8 Å². The minimum atomic E-state index is -1.03. The van der Waals surface area contributed by atoms with E-state index < -0.39 is 23.6 Å². The van der Waals surface area contributed by atoms with E-state index in [0.717, 1.165) is 25.1 Å². The van der Waals surface area contributed by atoms with E-state index in [9.17, 15) is 18.4 Å². The lowest BCUT2D eigenvalue weighted by molar-refractivity contribution is -0.132. The molecular formula is C16H21F2N3O2. The predicted octanol–water partition coefficient (Wildman–Crippen LogP) is 1.35. The number of benzene rings is 1. The maximum Gasteiger partial charge on any atom is 0.225 e. The first-order chi connectivity index (χ1) is 10.9. The molecule has 0 bridgehead atoms. The van der Waals surface area contributed by atoms with Crippen LogP contribution < -0.4 is 10.6 Å². The summed E-state index contributed by atoms with van der Waals surface area (Å²) in [6.45, 7) is 2.78. The van der Waals surface area contributed by atoms with E-state index in [4.69, 9.17) is 0 Å². The van der Waals surface area contributed by atoms with Crippen molar-refractivity contribution in [2.45, 2.75) is 31.8 Å². The molecule has 5 nitrogen and oxygen atoms in total. The Hall–Kier alpha value is -2.02. The summed E-state index contributed by atoms with van der Waals surface area (Å²) >= 11 is 0. The standard InChI is InChI=1S/C16H21F2N3O2/c1-10(22)20-14(16-12(17)4-3-5-13(16)18)8-15(23)21(2)11-6-7-19-9-11/h3-5,11,14,19H,6-9H2,1-2H3,(H,20,22)/t11-,14+/m0/s1. The molecule has 2 amide bonds. The molecule has 0 radical (unpaired) electrons. The molecule has 1 saturated heterocycles. The Morgan fingerprint density at radius 1 is 1.39 bits per heavy atom. The number of nitrogens with zero attached hydrogens (tertiary/aromatic N) is 1. The van der Waals surface area contributed by atoms with Crippen LogP contribution in [0.2, 0.25) is 0 Å². The second-order valence-corrected chi connectivity index (χ2v) is 5.74. The van der Waals surface area contributed by atoms with Gasteiger partial charge < -0.3 is 15.5 Å². The maximum atomic E-state index is 14.0. The molecule has 2 rings (SSSR count). The van der Waals surface area contributed by atoms with Gasteiger partial charge in [-0.3, -0.25) is 9.59 Å². The molecule has 7 heteroatoms. The molecule has 1 aliphatic heterocycles. The first-order valence-electron chi connectivity index (χ1n) is 7.57. The first-order valence-corrected chi connectivity index (χ1v) is 7.57. The summed E-state index contributed by atoms with van der Waals surface area (Å²) in [4.78, 5) is 25.4. The zero-order valence-electron chi connectivity index (χ0n) is 13.2. The lowest BCUT2D eigenvalue weighted by Gasteiger charge is -2.27. The average Bonchev–Trinajstić information content (AvgIpc) is 2.99. The van der Waals surface area contributed by atoms with Gasteiger partial charge in [0, 0.05) is 32.1 Å². The molecule has 1 aromatic carbocycles. The molecule has 1 fully saturated rings. The van der Waals surface area contributed by atoms with Crippen LogP contribution in [-0.4, -0.2) is 42.9 Å². The van der Waals surface area contributed by atoms with Crippen molar-refractivity contribution in [3.63, 3.8) is 0 Å². The SMILES string of the molecule is CC(=O)N[C@H](CC(=O)N(C)[C@H]1CCNC1)c1c(F)cccc1F. The Morgan fingerprint density at radius 3 is 2.57 bits per heavy atom. The largest absolute Gasteiger partial charge is 0.349 e. The van der Waals surface area contributed by atoms with Crippen LogP contribution in [0.5, 0.6) is 0 Å². The maximum absolute atomic E-state index is 14.0. The second-order valence-electron chi connectivity index (χ2n) is 5.74. The van der Waals surface area contributed by atoms with E-state index in [1.54, 1.807) is 11.9 Å². The van der Waals surface area contributed by atoms with Gasteiger partial charge in [-0.15, -0.1) is 0 Å². The molecule has 0 aromatic heterocycles. The molecule has 1 aromatic rings. The Bertz CT molecular complexity index is 568. The number of likely N-dealkylation sites (N-methyl/N-ethyl adjacent to an activating group) is 1. The van der Waals surface area contributed by atoms with Crippen molar-refractivity contribution in [2.75, 3.05) is 20.1 Å². The summed E-state index contributed by atoms with van der Waals surface area (Å²) < 4.78 is 28.0. The van der Waals surface area contributed by atoms with Gasteiger partial charge in [-0.25, -0.2) is 8.78 Å². The number of halogens is 2. The van der Waals surface area contributed by atoms with Gasteiger partial charge in [0.1, 0.15) is 11.6 Å². The summed E-state index contributed by atoms with van der Waals surface area (Å²) in [6, 6.07) is 2.51. The van der Waals surface area contributed by atoms with Crippen LogP contribution in [0, 0.1) is 11.6 Å². The molecule has 1 heterocycles. The third-order valence-corrected chi connectivity index (χ3v) is 4.08. The fourth-order valence-electron chi connectivity index (χ4n) is 2.81. The molecule has 0 spiro atoms. The van der Waals surface area contributed by atoms with Crippen molar-refractivity contribution in [3.05, 3.63) is 35.4 Å². The number of amides is 2. The number of carbonyl (C=O) groups excluding carboxylic acids is 2. The molecule has 1 aliphatic rings. The molecule has 0 saturated carbocycles. The van der Waals surface area contributed by atoms with Crippen molar-refractivity contribution in [1.29, 1.82) is 0 Å². The van der Waals surface area contributed by atoms with Gasteiger partial charge in [0.15, 0.2) is 0 Å². The number of nitrogens with one attached hydrogen (secondary N) is 2. The topological polar surface area (TPSA) is 61.4 Å². The Labute approximate surface area is 134 Å². The van der Waals surface area contributed by atoms with E-state index in [-0.39, 0.29) is 23.9 Å². The van der Waals surface area contributed by atoms with Crippen molar-refractivity contribution >= 4 is 11.8 Å². The zero-order chi connectivity index (χ0) is 17.0. The van der Waals surface area contributed by atoms with Gasteiger partial charge >= 0.3 is 0 Å². The minimum absolute atomic E-state index is 0.0611. The first kappa shape index (κ1) is 17.3. The molecule has 2 atom stereocenters. The van der Waals surface area contributed by atoms with Crippen molar-refractivity contribution in [1.82, 2.24) is 15.5 Å². The molecule has 0 unspecified atom stereocenters. The highest BCUT2D eigenvalue weighted by atomic mass is 19.1. The minimum Gasteiger partial charge on any atom is -0.349 e. The highest BCUT2D eigenvalue weighted by molar-refractivity contribution is 5.79. The van der Waals surface area contributed by atoms with E-state index in [0.29, 0.717) is 6.54 Å². The monoisotopic (exact) mass is 325 g/mol. The number of hydrogen-bond acceptors (Lipinski definition) is 3. The quantitative estimate of drug-likeness (QED) is 0.859. The average molecular weight is 325 g/mol. The third-order valence-electron chi connectivity index (χ3n) is 4.08. The van der Waals surface area contributed by atoms with Crippen LogP contribution in [-0.2, 0) is 9.59 Å². The Balaban J connectivity index is 2.18. The van der Waals surface area contributed by atoms with Crippen LogP contribution >= 0.6 is 0 Å². The molecule has 0 aliphatic carbocycles. The highest BCUT2D eigenvalue weighted by Gasteiger charge is 2.28. The van der Waals surface area contributed by atoms with Crippen LogP contribution in [0.4, 0.5) is 8.78 Å². The van der Waals surface area contributed by atoms with Crippen LogP contribution in [0.15, 0.2) is 18.2 Å². The Morgan fingerprint density at radius 2 is 2.04 bits per heavy atom. The lowest BCUT2D eigenvalue weighted by atomic mass is 10.0. The fraction of sp³-hybridized carbons (Fsp3) is 0.500. The summed E-state index contributed by atoms with van der Waals surface area (Å²) in [5.41, 5.74) is -0.283. The van der Waals surface area contributed by atoms with Gasteiger partial charge in [-0.1, -0.05) is 6.07 Å². The molecule has 23 heavy (non-hydrogen) atoms. The second kappa shape index (κ2) is 7.50. The smallest absolute Gasteiger partial charge is 0.225 e. The zero-order valence-corrected chi connectivity index (χ0v) is 13.2. The summed E-state index contributed by atoms with van der Waals surface area (Å²) in [5, 5.41) is 5.63. The van der Waals surface area contributed by atoms with E-state index >= 15 is 0 Å². The normalized spacial score (nSPS) is 18.5. The highest BCUT2D eigenvalue weighted by Crippen LogP contribution is 2.24. The fourth-order valence-corrected chi connectivity index (χ4v) is 2.81. The van der Waals surface area contributed by atoms with Gasteiger partial charge in [0.25, 0.3) is 0 Å². The van der Waals surface area contributed by atoms with E-state index in [2.05, 4.69) is 10.6 Å². The van der Waals surface area contributed by atoms with Crippen molar-refractivity contribution in [2.24, 2.45) is 0 Å². The molecule has 126 valence electrons. The van der Waals surface area contributed by atoms with Crippen LogP contribution in [0.3, 0.4) is 0 Å². The summed E-state index contributed by atoms with van der Waals surface area (Å²) in [7, 11) is 1.67. The summed E-state index contributed by atoms with van der Waals surface area (Å²) in [5.74, 6) is -2.26. The molecule has 2 N–H and O–H groups in total. The van der Waals surface area contributed by atoms with Crippen molar-refractivity contribution < 1.29 is 18.4 Å². The van der Waals surface area contributed by atoms with E-state index in [1.807, 2.05) is 0 Å². The van der Waals surface area contributed by atoms with Crippen LogP contribution in [0.25, 0.3) is 0 Å². The summed E-state index contributed by atoms with van der Waals surface area (Å²) in [6.07, 6.45) is 0.644. The van der Waals surface area contributed by atoms with E-state index in [1.165, 1.54) is 13.0 Å². The predicted molar refractivity (Wildman–Crippen MR) is 81.6 cm³/mol. The van der Waals surface area contributed by atoms with Gasteiger partial charge in [-0.2, -0.15) is 0 Å². The van der Waals surface area contributed by atoms with Crippen LogP contribution in [0.1, 0.15) is 31.4 Å². The van der Waals surface area contributed by atoms with Gasteiger partial charge in [-0.05, 0) is 25.1 Å². The van der Waals surface area contributed by atoms with Gasteiger partial charge in [0.05, 0.1) is 12.5 Å². The van der Waals surface area contributed by atoms with Crippen molar-refractivity contribution in [3.8, 4) is 0 Å². The Kier molecular flexibility index (Phi) is 5.65. The molecular weight excluding hydrogens is 304 g/mol. The number of hydrogen-bond donors (Lipinski definition) is 2. The number of carbonyl (C=O) groups is 2. The number of rotatable bonds is 5. The lowest BCUT2D eigenvalue weighted by Crippen LogP contribution is -2.41. The third kappa shape index (κ3) is 4.25.